The van der Waals surface area contributed by atoms with Gasteiger partial charge in [0.2, 0.25) is 0 Å². The second-order valence-corrected chi connectivity index (χ2v) is 6.68. The number of esters is 1. The summed E-state index contributed by atoms with van der Waals surface area (Å²) in [6, 6.07) is -0.0650. The van der Waals surface area contributed by atoms with Gasteiger partial charge in [0, 0.05) is 13.2 Å². The van der Waals surface area contributed by atoms with Crippen molar-refractivity contribution in [3.8, 4) is 0 Å². The predicted molar refractivity (Wildman–Crippen MR) is 74.0 cm³/mol. The molecule has 0 spiro atoms. The van der Waals surface area contributed by atoms with Crippen LogP contribution in [0.2, 0.25) is 0 Å². The largest absolute Gasteiger partial charge is 0.459 e. The number of hydrogen-bond acceptors (Lipinski definition) is 4. The molecule has 2 aliphatic rings. The maximum Gasteiger partial charge on any atom is 0.323 e. The van der Waals surface area contributed by atoms with Crippen LogP contribution >= 0.6 is 0 Å². The Hall–Kier alpha value is -0.610. The summed E-state index contributed by atoms with van der Waals surface area (Å²) in [7, 11) is 0. The van der Waals surface area contributed by atoms with Crippen LogP contribution < -0.4 is 0 Å². The summed E-state index contributed by atoms with van der Waals surface area (Å²) in [6.07, 6.45) is 5.84. The van der Waals surface area contributed by atoms with E-state index in [-0.39, 0.29) is 12.0 Å². The number of carbonyl (C=O) groups excluding carboxylic acids is 1. The molecule has 0 aromatic carbocycles. The molecule has 2 heterocycles. The number of ether oxygens (including phenoxy) is 2. The number of nitrogens with zero attached hydrogens (tertiary/aromatic N) is 1. The Labute approximate surface area is 116 Å². The van der Waals surface area contributed by atoms with Gasteiger partial charge in [-0.25, -0.2) is 0 Å². The van der Waals surface area contributed by atoms with Crippen LogP contribution in [0, 0.1) is 0 Å². The molecular weight excluding hydrogens is 242 g/mol. The van der Waals surface area contributed by atoms with Crippen LogP contribution in [0.25, 0.3) is 0 Å². The zero-order valence-electron chi connectivity index (χ0n) is 12.5. The molecule has 110 valence electrons. The first-order chi connectivity index (χ1) is 8.96. The van der Waals surface area contributed by atoms with E-state index in [1.165, 1.54) is 12.8 Å². The summed E-state index contributed by atoms with van der Waals surface area (Å²) in [5.74, 6) is -0.0687. The highest BCUT2D eigenvalue weighted by Gasteiger charge is 2.35. The monoisotopic (exact) mass is 269 g/mol. The van der Waals surface area contributed by atoms with Crippen LogP contribution in [0.3, 0.4) is 0 Å². The van der Waals surface area contributed by atoms with Gasteiger partial charge in [-0.05, 0) is 59.4 Å². The first-order valence-corrected chi connectivity index (χ1v) is 7.54. The lowest BCUT2D eigenvalue weighted by Crippen LogP contribution is -2.44. The number of likely N-dealkylation sites (tertiary alicyclic amines) is 1. The van der Waals surface area contributed by atoms with Gasteiger partial charge in [0.05, 0.1) is 6.10 Å². The van der Waals surface area contributed by atoms with Gasteiger partial charge in [0.15, 0.2) is 0 Å². The predicted octanol–water partition coefficient (Wildman–Crippen LogP) is 2.36. The van der Waals surface area contributed by atoms with Crippen molar-refractivity contribution in [2.24, 2.45) is 0 Å². The van der Waals surface area contributed by atoms with E-state index in [0.29, 0.717) is 6.10 Å². The molecule has 0 N–H and O–H groups in total. The highest BCUT2D eigenvalue weighted by molar-refractivity contribution is 5.76. The van der Waals surface area contributed by atoms with Crippen LogP contribution in [0.4, 0.5) is 0 Å². The highest BCUT2D eigenvalue weighted by Crippen LogP contribution is 2.23. The summed E-state index contributed by atoms with van der Waals surface area (Å²) in [5.41, 5.74) is -0.396. The molecular formula is C15H27NO3. The maximum absolute atomic E-state index is 12.2. The van der Waals surface area contributed by atoms with Gasteiger partial charge in [-0.2, -0.15) is 0 Å². The molecule has 0 amide bonds. The lowest BCUT2D eigenvalue weighted by atomic mass is 10.1. The van der Waals surface area contributed by atoms with E-state index in [1.807, 2.05) is 20.8 Å². The summed E-state index contributed by atoms with van der Waals surface area (Å²) in [4.78, 5) is 14.5. The first kappa shape index (κ1) is 14.8. The molecule has 4 heteroatoms. The van der Waals surface area contributed by atoms with E-state index < -0.39 is 5.60 Å². The highest BCUT2D eigenvalue weighted by atomic mass is 16.6. The molecule has 19 heavy (non-hydrogen) atoms. The fraction of sp³-hybridized carbons (Fsp3) is 0.933. The zero-order chi connectivity index (χ0) is 13.9. The molecule has 0 saturated carbocycles. The van der Waals surface area contributed by atoms with Gasteiger partial charge in [-0.3, -0.25) is 9.69 Å². The van der Waals surface area contributed by atoms with E-state index in [2.05, 4.69) is 4.90 Å². The molecule has 0 bridgehead atoms. The molecule has 4 nitrogen and oxygen atoms in total. The lowest BCUT2D eigenvalue weighted by Gasteiger charge is -2.31. The van der Waals surface area contributed by atoms with Crippen molar-refractivity contribution in [2.45, 2.75) is 70.6 Å². The summed E-state index contributed by atoms with van der Waals surface area (Å²) < 4.78 is 11.3. The van der Waals surface area contributed by atoms with Crippen molar-refractivity contribution in [1.82, 2.24) is 4.90 Å². The topological polar surface area (TPSA) is 38.8 Å². The van der Waals surface area contributed by atoms with Gasteiger partial charge >= 0.3 is 5.97 Å². The van der Waals surface area contributed by atoms with Crippen molar-refractivity contribution in [3.63, 3.8) is 0 Å². The van der Waals surface area contributed by atoms with Crippen molar-refractivity contribution in [1.29, 1.82) is 0 Å². The van der Waals surface area contributed by atoms with Crippen molar-refractivity contribution in [2.75, 3.05) is 19.7 Å². The van der Waals surface area contributed by atoms with Crippen LogP contribution in [0.15, 0.2) is 0 Å². The Bertz CT molecular complexity index is 305. The molecule has 2 fully saturated rings. The van der Waals surface area contributed by atoms with E-state index in [9.17, 15) is 4.79 Å². The molecule has 2 atom stereocenters. The average Bonchev–Trinajstić information content (AvgIpc) is 2.76. The Kier molecular flexibility index (Phi) is 4.85. The fourth-order valence-corrected chi connectivity index (χ4v) is 2.89. The van der Waals surface area contributed by atoms with Gasteiger partial charge in [0.25, 0.3) is 0 Å². The van der Waals surface area contributed by atoms with Gasteiger partial charge in [0.1, 0.15) is 11.6 Å². The quantitative estimate of drug-likeness (QED) is 0.737. The molecule has 0 aliphatic carbocycles. The third-order valence-corrected chi connectivity index (χ3v) is 3.75. The van der Waals surface area contributed by atoms with Crippen molar-refractivity contribution >= 4 is 5.97 Å². The third kappa shape index (κ3) is 4.46. The van der Waals surface area contributed by atoms with Gasteiger partial charge in [-0.15, -0.1) is 0 Å². The lowest BCUT2D eigenvalue weighted by molar-refractivity contribution is -0.161. The van der Waals surface area contributed by atoms with Crippen LogP contribution in [-0.2, 0) is 14.3 Å². The van der Waals surface area contributed by atoms with Crippen molar-refractivity contribution < 1.29 is 14.3 Å². The number of carbonyl (C=O) groups is 1. The SMILES string of the molecule is CC(C)(C)OC(=O)[C@H]1CCCN1CC1CCCCO1. The molecule has 1 unspecified atom stereocenters. The third-order valence-electron chi connectivity index (χ3n) is 3.75. The Balaban J connectivity index is 1.87. The first-order valence-electron chi connectivity index (χ1n) is 7.54. The van der Waals surface area contributed by atoms with Crippen LogP contribution in [0.1, 0.15) is 52.9 Å². The van der Waals surface area contributed by atoms with E-state index in [1.54, 1.807) is 0 Å². The standard InChI is InChI=1S/C15H27NO3/c1-15(2,3)19-14(17)13-8-6-9-16(13)11-12-7-4-5-10-18-12/h12-13H,4-11H2,1-3H3/t12?,13-/m1/s1. The van der Waals surface area contributed by atoms with Gasteiger partial charge < -0.3 is 9.47 Å². The fourth-order valence-electron chi connectivity index (χ4n) is 2.89. The van der Waals surface area contributed by atoms with E-state index >= 15 is 0 Å². The number of hydrogen-bond donors (Lipinski definition) is 0. The molecule has 2 rings (SSSR count). The van der Waals surface area contributed by atoms with Crippen molar-refractivity contribution in [3.05, 3.63) is 0 Å². The van der Waals surface area contributed by atoms with E-state index in [0.717, 1.165) is 39.0 Å². The van der Waals surface area contributed by atoms with E-state index in [4.69, 9.17) is 9.47 Å². The summed E-state index contributed by atoms with van der Waals surface area (Å²) in [6.45, 7) is 8.51. The van der Waals surface area contributed by atoms with Gasteiger partial charge in [-0.1, -0.05) is 0 Å². The molecule has 0 aromatic heterocycles. The average molecular weight is 269 g/mol. The molecule has 2 saturated heterocycles. The van der Waals surface area contributed by atoms with Crippen LogP contribution in [-0.4, -0.2) is 48.3 Å². The normalized spacial score (nSPS) is 29.4. The second-order valence-electron chi connectivity index (χ2n) is 6.68. The maximum atomic E-state index is 12.2. The second kappa shape index (κ2) is 6.23. The summed E-state index contributed by atoms with van der Waals surface area (Å²) >= 11 is 0. The Morgan fingerprint density at radius 3 is 2.68 bits per heavy atom. The summed E-state index contributed by atoms with van der Waals surface area (Å²) in [5, 5.41) is 0. The molecule has 0 aromatic rings. The molecule has 2 aliphatic heterocycles. The smallest absolute Gasteiger partial charge is 0.323 e. The minimum absolute atomic E-state index is 0.0650. The minimum Gasteiger partial charge on any atom is -0.459 e. The Morgan fingerprint density at radius 2 is 2.05 bits per heavy atom. The Morgan fingerprint density at radius 1 is 1.26 bits per heavy atom. The molecule has 0 radical (unpaired) electrons. The van der Waals surface area contributed by atoms with Crippen LogP contribution in [0.5, 0.6) is 0 Å². The number of rotatable bonds is 3. The minimum atomic E-state index is -0.396. The zero-order valence-corrected chi connectivity index (χ0v) is 12.5.